The number of nitrogens with one attached hydrogen (secondary N) is 2. The highest BCUT2D eigenvalue weighted by Crippen LogP contribution is 2.36. The van der Waals surface area contributed by atoms with Crippen LogP contribution in [0.15, 0.2) is 53.4 Å². The third kappa shape index (κ3) is 8.07. The number of ether oxygens (including phenoxy) is 1. The van der Waals surface area contributed by atoms with Gasteiger partial charge in [-0.25, -0.2) is 4.39 Å². The largest absolute Gasteiger partial charge is 0.383 e. The molecule has 0 spiro atoms. The van der Waals surface area contributed by atoms with Crippen molar-refractivity contribution in [3.05, 3.63) is 64.9 Å². The van der Waals surface area contributed by atoms with Crippen molar-refractivity contribution in [3.63, 3.8) is 0 Å². The summed E-state index contributed by atoms with van der Waals surface area (Å²) in [5.74, 6) is -0.575. The maximum atomic E-state index is 13.4. The molecule has 2 N–H and O–H groups in total. The van der Waals surface area contributed by atoms with Gasteiger partial charge >= 0.3 is 0 Å². The van der Waals surface area contributed by atoms with E-state index in [0.29, 0.717) is 19.7 Å². The predicted molar refractivity (Wildman–Crippen MR) is 111 cm³/mol. The van der Waals surface area contributed by atoms with E-state index in [1.807, 2.05) is 30.3 Å². The Morgan fingerprint density at radius 3 is 2.59 bits per heavy atom. The van der Waals surface area contributed by atoms with E-state index >= 15 is 0 Å². The Balaban J connectivity index is 0.00000364. The van der Waals surface area contributed by atoms with E-state index in [1.165, 1.54) is 23.9 Å². The second-order valence-electron chi connectivity index (χ2n) is 5.52. The highest BCUT2D eigenvalue weighted by Gasteiger charge is 2.22. The standard InChI is InChI=1S/C19H22ClFN2O2S.ClH/c1-25-12-11-22-9-10-23-19(24)18(14-5-3-2-4-6-14)26-15-7-8-17(21)16(20)13-15;/h2-8,13,18,22H,9-12H2,1H3,(H,23,24);1H. The van der Waals surface area contributed by atoms with Gasteiger partial charge in [0, 0.05) is 31.6 Å². The van der Waals surface area contributed by atoms with Crippen molar-refractivity contribution in [2.75, 3.05) is 33.4 Å². The number of methoxy groups -OCH3 is 1. The Hall–Kier alpha value is -1.31. The van der Waals surface area contributed by atoms with Gasteiger partial charge in [-0.05, 0) is 23.8 Å². The summed E-state index contributed by atoms with van der Waals surface area (Å²) >= 11 is 7.20. The minimum atomic E-state index is -0.473. The number of carbonyl (C=O) groups excluding carboxylic acids is 1. The number of thioether (sulfide) groups is 1. The van der Waals surface area contributed by atoms with E-state index in [9.17, 15) is 9.18 Å². The first-order chi connectivity index (χ1) is 12.6. The normalized spacial score (nSPS) is 11.5. The lowest BCUT2D eigenvalue weighted by Crippen LogP contribution is -2.35. The van der Waals surface area contributed by atoms with Crippen LogP contribution in [0.5, 0.6) is 0 Å². The summed E-state index contributed by atoms with van der Waals surface area (Å²) in [6, 6.07) is 14.0. The number of hydrogen-bond acceptors (Lipinski definition) is 4. The molecule has 1 amide bonds. The molecule has 148 valence electrons. The molecular formula is C19H23Cl2FN2O2S. The lowest BCUT2D eigenvalue weighted by molar-refractivity contribution is -0.120. The molecule has 0 bridgehead atoms. The zero-order chi connectivity index (χ0) is 18.8. The van der Waals surface area contributed by atoms with Crippen LogP contribution in [0.25, 0.3) is 0 Å². The van der Waals surface area contributed by atoms with Crippen LogP contribution in [0, 0.1) is 5.82 Å². The minimum Gasteiger partial charge on any atom is -0.383 e. The molecular weight excluding hydrogens is 410 g/mol. The van der Waals surface area contributed by atoms with Gasteiger partial charge in [0.25, 0.3) is 0 Å². The third-order valence-electron chi connectivity index (χ3n) is 3.57. The smallest absolute Gasteiger partial charge is 0.238 e. The summed E-state index contributed by atoms with van der Waals surface area (Å²) in [7, 11) is 1.65. The van der Waals surface area contributed by atoms with E-state index in [-0.39, 0.29) is 23.3 Å². The summed E-state index contributed by atoms with van der Waals surface area (Å²) in [6.07, 6.45) is 0. The molecule has 27 heavy (non-hydrogen) atoms. The van der Waals surface area contributed by atoms with E-state index in [2.05, 4.69) is 10.6 Å². The highest BCUT2D eigenvalue weighted by atomic mass is 35.5. The summed E-state index contributed by atoms with van der Waals surface area (Å²) in [5, 5.41) is 5.71. The van der Waals surface area contributed by atoms with Crippen LogP contribution < -0.4 is 10.6 Å². The van der Waals surface area contributed by atoms with Crippen molar-refractivity contribution >= 4 is 41.7 Å². The topological polar surface area (TPSA) is 50.4 Å². The van der Waals surface area contributed by atoms with Crippen LogP contribution in [-0.4, -0.2) is 39.3 Å². The Morgan fingerprint density at radius 1 is 1.19 bits per heavy atom. The molecule has 2 rings (SSSR count). The van der Waals surface area contributed by atoms with Gasteiger partial charge in [-0.15, -0.1) is 24.2 Å². The lowest BCUT2D eigenvalue weighted by atomic mass is 10.1. The van der Waals surface area contributed by atoms with Crippen molar-refractivity contribution in [2.45, 2.75) is 10.1 Å². The van der Waals surface area contributed by atoms with E-state index in [1.54, 1.807) is 13.2 Å². The monoisotopic (exact) mass is 432 g/mol. The zero-order valence-corrected chi connectivity index (χ0v) is 17.3. The molecule has 4 nitrogen and oxygen atoms in total. The first-order valence-electron chi connectivity index (χ1n) is 8.26. The maximum Gasteiger partial charge on any atom is 0.238 e. The summed E-state index contributed by atoms with van der Waals surface area (Å²) in [4.78, 5) is 13.4. The number of amides is 1. The molecule has 1 atom stereocenters. The molecule has 0 saturated carbocycles. The number of carbonyl (C=O) groups is 1. The molecule has 1 unspecified atom stereocenters. The van der Waals surface area contributed by atoms with E-state index in [4.69, 9.17) is 16.3 Å². The minimum absolute atomic E-state index is 0. The first-order valence-corrected chi connectivity index (χ1v) is 9.51. The maximum absolute atomic E-state index is 13.4. The summed E-state index contributed by atoms with van der Waals surface area (Å²) in [6.45, 7) is 2.53. The molecule has 0 saturated heterocycles. The van der Waals surface area contributed by atoms with Gasteiger partial charge in [-0.2, -0.15) is 0 Å². The number of halogens is 3. The summed E-state index contributed by atoms with van der Waals surface area (Å²) in [5.41, 5.74) is 0.878. The molecule has 0 aliphatic heterocycles. The first kappa shape index (κ1) is 23.7. The van der Waals surface area contributed by atoms with Crippen LogP contribution in [0.4, 0.5) is 4.39 Å². The molecule has 8 heteroatoms. The zero-order valence-electron chi connectivity index (χ0n) is 14.9. The van der Waals surface area contributed by atoms with Crippen LogP contribution in [-0.2, 0) is 9.53 Å². The van der Waals surface area contributed by atoms with Crippen LogP contribution in [0.1, 0.15) is 10.8 Å². The van der Waals surface area contributed by atoms with Gasteiger partial charge in [0.1, 0.15) is 11.1 Å². The number of hydrogen-bond donors (Lipinski definition) is 2. The molecule has 0 heterocycles. The third-order valence-corrected chi connectivity index (χ3v) is 5.11. The highest BCUT2D eigenvalue weighted by molar-refractivity contribution is 8.00. The van der Waals surface area contributed by atoms with Crippen molar-refractivity contribution in [1.82, 2.24) is 10.6 Å². The molecule has 2 aromatic carbocycles. The predicted octanol–water partition coefficient (Wildman–Crippen LogP) is 4.09. The Kier molecular flexibility index (Phi) is 11.4. The van der Waals surface area contributed by atoms with Crippen LogP contribution in [0.3, 0.4) is 0 Å². The fraction of sp³-hybridized carbons (Fsp3) is 0.316. The molecule has 0 fully saturated rings. The summed E-state index contributed by atoms with van der Waals surface area (Å²) < 4.78 is 18.3. The Labute approximate surface area is 174 Å². The van der Waals surface area contributed by atoms with E-state index < -0.39 is 11.1 Å². The molecule has 2 aromatic rings. The van der Waals surface area contributed by atoms with Crippen molar-refractivity contribution in [3.8, 4) is 0 Å². The van der Waals surface area contributed by atoms with Crippen molar-refractivity contribution < 1.29 is 13.9 Å². The fourth-order valence-electron chi connectivity index (χ4n) is 2.25. The Morgan fingerprint density at radius 2 is 1.93 bits per heavy atom. The Bertz CT molecular complexity index is 707. The SMILES string of the molecule is COCCNCCNC(=O)C(Sc1ccc(F)c(Cl)c1)c1ccccc1.Cl. The fourth-order valence-corrected chi connectivity index (χ4v) is 3.59. The quantitative estimate of drug-likeness (QED) is 0.438. The van der Waals surface area contributed by atoms with Gasteiger partial charge < -0.3 is 15.4 Å². The molecule has 0 aromatic heterocycles. The average molecular weight is 433 g/mol. The molecule has 0 aliphatic carbocycles. The second-order valence-corrected chi connectivity index (χ2v) is 7.10. The average Bonchev–Trinajstić information content (AvgIpc) is 2.66. The van der Waals surface area contributed by atoms with Gasteiger partial charge in [0.15, 0.2) is 0 Å². The second kappa shape index (κ2) is 13.0. The number of benzene rings is 2. The van der Waals surface area contributed by atoms with Gasteiger partial charge in [0.05, 0.1) is 11.6 Å². The van der Waals surface area contributed by atoms with Gasteiger partial charge in [-0.3, -0.25) is 4.79 Å². The van der Waals surface area contributed by atoms with Gasteiger partial charge in [0.2, 0.25) is 5.91 Å². The molecule has 0 aliphatic rings. The lowest BCUT2D eigenvalue weighted by Gasteiger charge is -2.17. The number of rotatable bonds is 10. The van der Waals surface area contributed by atoms with Crippen LogP contribution >= 0.6 is 35.8 Å². The van der Waals surface area contributed by atoms with E-state index in [0.717, 1.165) is 17.0 Å². The van der Waals surface area contributed by atoms with Crippen molar-refractivity contribution in [1.29, 1.82) is 0 Å². The molecule has 0 radical (unpaired) electrons. The van der Waals surface area contributed by atoms with Crippen LogP contribution in [0.2, 0.25) is 5.02 Å². The van der Waals surface area contributed by atoms with Gasteiger partial charge in [-0.1, -0.05) is 41.9 Å². The van der Waals surface area contributed by atoms with Crippen molar-refractivity contribution in [2.24, 2.45) is 0 Å².